The van der Waals surface area contributed by atoms with Gasteiger partial charge in [0.2, 0.25) is 0 Å². The van der Waals surface area contributed by atoms with Gasteiger partial charge in [-0.25, -0.2) is 0 Å². The van der Waals surface area contributed by atoms with Crippen LogP contribution in [-0.4, -0.2) is 48.7 Å². The molecule has 2 N–H and O–H groups in total. The zero-order valence-electron chi connectivity index (χ0n) is 13.9. The second-order valence-electron chi connectivity index (χ2n) is 5.53. The van der Waals surface area contributed by atoms with E-state index in [1.807, 2.05) is 31.2 Å². The van der Waals surface area contributed by atoms with Crippen molar-refractivity contribution in [2.75, 3.05) is 14.2 Å². The molecule has 0 spiro atoms. The topological polar surface area (TPSA) is 85.2 Å². The molecule has 0 radical (unpaired) electrons. The first-order chi connectivity index (χ1) is 10.9. The third kappa shape index (κ3) is 7.97. The van der Waals surface area contributed by atoms with Crippen LogP contribution in [0.5, 0.6) is 5.75 Å². The highest BCUT2D eigenvalue weighted by atomic mass is 16.5. The largest absolute Gasteiger partial charge is 0.497 e. The second kappa shape index (κ2) is 10.2. The number of ether oxygens (including phenoxy) is 3. The molecule has 3 unspecified atom stereocenters. The molecule has 1 aromatic carbocycles. The molecule has 6 heteroatoms. The molecule has 0 saturated carbocycles. The molecule has 1 rings (SSSR count). The van der Waals surface area contributed by atoms with E-state index in [9.17, 15) is 15.0 Å². The molecule has 0 saturated heterocycles. The van der Waals surface area contributed by atoms with Crippen LogP contribution in [0.2, 0.25) is 0 Å². The van der Waals surface area contributed by atoms with E-state index in [1.165, 1.54) is 7.11 Å². The molecular weight excluding hydrogens is 300 g/mol. The molecule has 23 heavy (non-hydrogen) atoms. The van der Waals surface area contributed by atoms with Gasteiger partial charge in [-0.3, -0.25) is 4.79 Å². The third-order valence-electron chi connectivity index (χ3n) is 3.47. The summed E-state index contributed by atoms with van der Waals surface area (Å²) in [4.78, 5) is 11.0. The molecule has 0 aliphatic rings. The van der Waals surface area contributed by atoms with Crippen molar-refractivity contribution in [3.05, 3.63) is 29.8 Å². The Labute approximate surface area is 137 Å². The van der Waals surface area contributed by atoms with Gasteiger partial charge in [0.25, 0.3) is 0 Å². The van der Waals surface area contributed by atoms with Gasteiger partial charge in [0.1, 0.15) is 5.75 Å². The summed E-state index contributed by atoms with van der Waals surface area (Å²) >= 11 is 0. The van der Waals surface area contributed by atoms with Gasteiger partial charge in [0.15, 0.2) is 0 Å². The maximum atomic E-state index is 11.0. The van der Waals surface area contributed by atoms with Crippen molar-refractivity contribution in [3.63, 3.8) is 0 Å². The van der Waals surface area contributed by atoms with E-state index >= 15 is 0 Å². The Morgan fingerprint density at radius 3 is 2.30 bits per heavy atom. The lowest BCUT2D eigenvalue weighted by Crippen LogP contribution is -2.25. The number of rotatable bonds is 10. The molecule has 0 aliphatic carbocycles. The van der Waals surface area contributed by atoms with Crippen LogP contribution in [0.15, 0.2) is 24.3 Å². The van der Waals surface area contributed by atoms with Gasteiger partial charge in [-0.05, 0) is 37.5 Å². The standard InChI is InChI=1S/C17H26O6/c1-12(8-14(18)9-15(19)10-17(20)22-3)23-11-13-4-6-16(21-2)7-5-13/h4-7,12,14-15,18-19H,8-11H2,1-3H3. The number of carbonyl (C=O) groups is 1. The molecule has 130 valence electrons. The van der Waals surface area contributed by atoms with Gasteiger partial charge in [-0.15, -0.1) is 0 Å². The maximum absolute atomic E-state index is 11.0. The Hall–Kier alpha value is -1.63. The smallest absolute Gasteiger partial charge is 0.308 e. The molecule has 0 aliphatic heterocycles. The van der Waals surface area contributed by atoms with Gasteiger partial charge in [0, 0.05) is 0 Å². The van der Waals surface area contributed by atoms with Crippen LogP contribution in [0.25, 0.3) is 0 Å². The summed E-state index contributed by atoms with van der Waals surface area (Å²) in [5.41, 5.74) is 1.01. The summed E-state index contributed by atoms with van der Waals surface area (Å²) < 4.78 is 15.2. The van der Waals surface area contributed by atoms with Crippen LogP contribution < -0.4 is 4.74 Å². The summed E-state index contributed by atoms with van der Waals surface area (Å²) in [6.45, 7) is 2.29. The molecule has 0 heterocycles. The van der Waals surface area contributed by atoms with Crippen LogP contribution in [0.3, 0.4) is 0 Å². The van der Waals surface area contributed by atoms with Crippen molar-refractivity contribution in [2.45, 2.75) is 51.1 Å². The average Bonchev–Trinajstić information content (AvgIpc) is 2.52. The molecule has 0 fully saturated rings. The van der Waals surface area contributed by atoms with Gasteiger partial charge in [-0.2, -0.15) is 0 Å². The fraction of sp³-hybridized carbons (Fsp3) is 0.588. The first kappa shape index (κ1) is 19.4. The monoisotopic (exact) mass is 326 g/mol. The normalized spacial score (nSPS) is 14.8. The van der Waals surface area contributed by atoms with Crippen molar-refractivity contribution in [3.8, 4) is 5.75 Å². The first-order valence-electron chi connectivity index (χ1n) is 7.62. The first-order valence-corrected chi connectivity index (χ1v) is 7.62. The van der Waals surface area contributed by atoms with Crippen molar-refractivity contribution < 1.29 is 29.2 Å². The Morgan fingerprint density at radius 1 is 1.09 bits per heavy atom. The van der Waals surface area contributed by atoms with Crippen LogP contribution >= 0.6 is 0 Å². The number of esters is 1. The molecule has 6 nitrogen and oxygen atoms in total. The summed E-state index contributed by atoms with van der Waals surface area (Å²) in [5, 5.41) is 19.6. The molecule has 3 atom stereocenters. The lowest BCUT2D eigenvalue weighted by atomic mass is 10.0. The predicted octanol–water partition coefficient (Wildman–Crippen LogP) is 1.67. The Morgan fingerprint density at radius 2 is 1.74 bits per heavy atom. The second-order valence-corrected chi connectivity index (χ2v) is 5.53. The lowest BCUT2D eigenvalue weighted by molar-refractivity contribution is -0.143. The van der Waals surface area contributed by atoms with Crippen molar-refractivity contribution in [1.29, 1.82) is 0 Å². The van der Waals surface area contributed by atoms with Crippen molar-refractivity contribution in [2.24, 2.45) is 0 Å². The van der Waals surface area contributed by atoms with Gasteiger partial charge < -0.3 is 24.4 Å². The van der Waals surface area contributed by atoms with E-state index in [1.54, 1.807) is 7.11 Å². The minimum atomic E-state index is -0.911. The predicted molar refractivity (Wildman–Crippen MR) is 85.1 cm³/mol. The number of hydrogen-bond donors (Lipinski definition) is 2. The third-order valence-corrected chi connectivity index (χ3v) is 3.47. The number of benzene rings is 1. The summed E-state index contributed by atoms with van der Waals surface area (Å²) in [5.74, 6) is 0.297. The van der Waals surface area contributed by atoms with E-state index < -0.39 is 18.2 Å². The zero-order valence-corrected chi connectivity index (χ0v) is 13.9. The fourth-order valence-electron chi connectivity index (χ4n) is 2.18. The molecule has 1 aromatic rings. The summed E-state index contributed by atoms with van der Waals surface area (Å²) in [6, 6.07) is 7.56. The molecule has 0 amide bonds. The average molecular weight is 326 g/mol. The fourth-order valence-corrected chi connectivity index (χ4v) is 2.18. The van der Waals surface area contributed by atoms with Gasteiger partial charge in [0.05, 0.1) is 45.6 Å². The number of methoxy groups -OCH3 is 2. The Balaban J connectivity index is 2.28. The minimum Gasteiger partial charge on any atom is -0.497 e. The highest BCUT2D eigenvalue weighted by molar-refractivity contribution is 5.69. The van der Waals surface area contributed by atoms with Gasteiger partial charge >= 0.3 is 5.97 Å². The highest BCUT2D eigenvalue weighted by Gasteiger charge is 2.18. The Bertz CT molecular complexity index is 459. The van der Waals surface area contributed by atoms with Gasteiger partial charge in [-0.1, -0.05) is 12.1 Å². The van der Waals surface area contributed by atoms with Crippen molar-refractivity contribution in [1.82, 2.24) is 0 Å². The van der Waals surface area contributed by atoms with Crippen LogP contribution in [0, 0.1) is 0 Å². The zero-order chi connectivity index (χ0) is 17.2. The molecule has 0 aromatic heterocycles. The van der Waals surface area contributed by atoms with Crippen molar-refractivity contribution >= 4 is 5.97 Å². The molecule has 0 bridgehead atoms. The van der Waals surface area contributed by atoms with E-state index in [-0.39, 0.29) is 18.9 Å². The van der Waals surface area contributed by atoms with Crippen LogP contribution in [-0.2, 0) is 20.9 Å². The maximum Gasteiger partial charge on any atom is 0.308 e. The van der Waals surface area contributed by atoms with Crippen LogP contribution in [0.1, 0.15) is 31.7 Å². The number of aliphatic hydroxyl groups is 2. The number of hydrogen-bond acceptors (Lipinski definition) is 6. The number of carbonyl (C=O) groups excluding carboxylic acids is 1. The summed E-state index contributed by atoms with van der Waals surface area (Å²) in [7, 11) is 2.88. The quantitative estimate of drug-likeness (QED) is 0.636. The van der Waals surface area contributed by atoms with E-state index in [0.29, 0.717) is 13.0 Å². The molecular formula is C17H26O6. The minimum absolute atomic E-state index is 0.116. The van der Waals surface area contributed by atoms with E-state index in [2.05, 4.69) is 4.74 Å². The Kier molecular flexibility index (Phi) is 8.61. The highest BCUT2D eigenvalue weighted by Crippen LogP contribution is 2.15. The lowest BCUT2D eigenvalue weighted by Gasteiger charge is -2.19. The van der Waals surface area contributed by atoms with Crippen LogP contribution in [0.4, 0.5) is 0 Å². The number of aliphatic hydroxyl groups excluding tert-OH is 2. The SMILES string of the molecule is COC(=O)CC(O)CC(O)CC(C)OCc1ccc(OC)cc1. The summed E-state index contributed by atoms with van der Waals surface area (Å²) in [6.07, 6.45) is -1.43. The van der Waals surface area contributed by atoms with E-state index in [0.717, 1.165) is 11.3 Å². The van der Waals surface area contributed by atoms with E-state index in [4.69, 9.17) is 9.47 Å².